The predicted molar refractivity (Wildman–Crippen MR) is 72.2 cm³/mol. The van der Waals surface area contributed by atoms with Gasteiger partial charge in [-0.15, -0.1) is 11.3 Å². The van der Waals surface area contributed by atoms with Crippen molar-refractivity contribution < 1.29 is 5.11 Å². The molecule has 1 aliphatic heterocycles. The third-order valence-electron chi connectivity index (χ3n) is 2.54. The average molecular weight is 260 g/mol. The van der Waals surface area contributed by atoms with E-state index >= 15 is 0 Å². The molecule has 0 aliphatic carbocycles. The summed E-state index contributed by atoms with van der Waals surface area (Å²) in [6, 6.07) is 4.23. The average Bonchev–Trinajstić information content (AvgIpc) is 2.80. The second kappa shape index (κ2) is 6.18. The normalized spacial score (nSPS) is 23.9. The van der Waals surface area contributed by atoms with Gasteiger partial charge in [0, 0.05) is 27.4 Å². The summed E-state index contributed by atoms with van der Waals surface area (Å²) in [7, 11) is 0. The molecule has 1 saturated heterocycles. The number of rotatable bonds is 4. The minimum absolute atomic E-state index is 0.120. The van der Waals surface area contributed by atoms with E-state index in [1.165, 1.54) is 16.4 Å². The Hall–Kier alpha value is 0.360. The van der Waals surface area contributed by atoms with Crippen LogP contribution in [-0.2, 0) is 6.42 Å². The van der Waals surface area contributed by atoms with Crippen LogP contribution in [0.3, 0.4) is 0 Å². The molecule has 0 bridgehead atoms. The molecule has 0 radical (unpaired) electrons. The van der Waals surface area contributed by atoms with Crippen molar-refractivity contribution in [2.45, 2.75) is 24.2 Å². The zero-order valence-electron chi connectivity index (χ0n) is 8.59. The Labute approximate surface area is 104 Å². The molecule has 2 atom stereocenters. The monoisotopic (exact) mass is 260 g/mol. The predicted octanol–water partition coefficient (Wildman–Crippen LogP) is 2.89. The SMILES string of the molecule is OC(CCc1cccs1)C1CSCCS1. The number of aliphatic hydroxyl groups is 1. The van der Waals surface area contributed by atoms with Crippen molar-refractivity contribution in [3.63, 3.8) is 0 Å². The molecule has 0 saturated carbocycles. The van der Waals surface area contributed by atoms with E-state index in [4.69, 9.17) is 0 Å². The van der Waals surface area contributed by atoms with Crippen molar-refractivity contribution >= 4 is 34.9 Å². The van der Waals surface area contributed by atoms with E-state index in [1.54, 1.807) is 11.3 Å². The number of thiophene rings is 1. The van der Waals surface area contributed by atoms with Crippen LogP contribution >= 0.6 is 34.9 Å². The maximum Gasteiger partial charge on any atom is 0.0670 e. The highest BCUT2D eigenvalue weighted by atomic mass is 32.2. The minimum atomic E-state index is -0.120. The molecule has 1 aliphatic rings. The minimum Gasteiger partial charge on any atom is -0.392 e. The molecule has 15 heavy (non-hydrogen) atoms. The van der Waals surface area contributed by atoms with Crippen molar-refractivity contribution in [1.29, 1.82) is 0 Å². The van der Waals surface area contributed by atoms with E-state index in [0.29, 0.717) is 5.25 Å². The molecule has 1 fully saturated rings. The summed E-state index contributed by atoms with van der Waals surface area (Å²) >= 11 is 5.71. The van der Waals surface area contributed by atoms with Gasteiger partial charge in [-0.2, -0.15) is 23.5 Å². The fourth-order valence-corrected chi connectivity index (χ4v) is 5.20. The molecule has 2 heterocycles. The van der Waals surface area contributed by atoms with Crippen LogP contribution in [0.2, 0.25) is 0 Å². The molecule has 2 unspecified atom stereocenters. The summed E-state index contributed by atoms with van der Waals surface area (Å²) in [5, 5.41) is 12.6. The summed E-state index contributed by atoms with van der Waals surface area (Å²) in [5.41, 5.74) is 0. The van der Waals surface area contributed by atoms with Gasteiger partial charge in [0.2, 0.25) is 0 Å². The lowest BCUT2D eigenvalue weighted by atomic mass is 10.1. The highest BCUT2D eigenvalue weighted by Gasteiger charge is 2.22. The molecule has 2 rings (SSSR count). The second-order valence-corrected chi connectivity index (χ2v) is 7.20. The van der Waals surface area contributed by atoms with Gasteiger partial charge in [0.15, 0.2) is 0 Å². The van der Waals surface area contributed by atoms with Crippen LogP contribution in [0.25, 0.3) is 0 Å². The van der Waals surface area contributed by atoms with E-state index < -0.39 is 0 Å². The largest absolute Gasteiger partial charge is 0.392 e. The first-order chi connectivity index (χ1) is 7.36. The molecule has 1 nitrogen and oxygen atoms in total. The molecule has 0 spiro atoms. The van der Waals surface area contributed by atoms with Crippen molar-refractivity contribution in [2.75, 3.05) is 17.3 Å². The van der Waals surface area contributed by atoms with Crippen LogP contribution in [0, 0.1) is 0 Å². The van der Waals surface area contributed by atoms with Gasteiger partial charge in [-0.25, -0.2) is 0 Å². The Morgan fingerprint density at radius 1 is 1.47 bits per heavy atom. The Morgan fingerprint density at radius 3 is 3.07 bits per heavy atom. The second-order valence-electron chi connectivity index (χ2n) is 3.67. The van der Waals surface area contributed by atoms with E-state index in [2.05, 4.69) is 17.5 Å². The van der Waals surface area contributed by atoms with E-state index in [0.717, 1.165) is 18.6 Å². The Morgan fingerprint density at radius 2 is 2.40 bits per heavy atom. The molecule has 1 aromatic heterocycles. The van der Waals surface area contributed by atoms with Crippen molar-refractivity contribution in [1.82, 2.24) is 0 Å². The summed E-state index contributed by atoms with van der Waals surface area (Å²) in [6.45, 7) is 0. The first-order valence-corrected chi connectivity index (χ1v) is 8.34. The highest BCUT2D eigenvalue weighted by Crippen LogP contribution is 2.28. The molecular weight excluding hydrogens is 244 g/mol. The van der Waals surface area contributed by atoms with Crippen LogP contribution in [0.4, 0.5) is 0 Å². The van der Waals surface area contributed by atoms with Gasteiger partial charge in [-0.3, -0.25) is 0 Å². The maximum atomic E-state index is 10.0. The summed E-state index contributed by atoms with van der Waals surface area (Å²) in [5.74, 6) is 3.57. The van der Waals surface area contributed by atoms with Gasteiger partial charge in [-0.05, 0) is 24.3 Å². The summed E-state index contributed by atoms with van der Waals surface area (Å²) < 4.78 is 0. The fraction of sp³-hybridized carbons (Fsp3) is 0.636. The van der Waals surface area contributed by atoms with Crippen molar-refractivity contribution in [3.8, 4) is 0 Å². The molecule has 1 aromatic rings. The molecule has 4 heteroatoms. The van der Waals surface area contributed by atoms with Gasteiger partial charge in [-0.1, -0.05) is 6.07 Å². The summed E-state index contributed by atoms with van der Waals surface area (Å²) in [4.78, 5) is 1.39. The van der Waals surface area contributed by atoms with Crippen molar-refractivity contribution in [2.24, 2.45) is 0 Å². The van der Waals surface area contributed by atoms with Gasteiger partial charge in [0.05, 0.1) is 6.10 Å². The highest BCUT2D eigenvalue weighted by molar-refractivity contribution is 8.06. The van der Waals surface area contributed by atoms with Crippen LogP contribution in [0.5, 0.6) is 0 Å². The smallest absolute Gasteiger partial charge is 0.0670 e. The molecule has 84 valence electrons. The first kappa shape index (κ1) is 11.8. The maximum absolute atomic E-state index is 10.0. The quantitative estimate of drug-likeness (QED) is 0.899. The lowest BCUT2D eigenvalue weighted by molar-refractivity contribution is 0.167. The van der Waals surface area contributed by atoms with Gasteiger partial charge >= 0.3 is 0 Å². The van der Waals surface area contributed by atoms with E-state index in [1.807, 2.05) is 23.5 Å². The zero-order valence-corrected chi connectivity index (χ0v) is 11.0. The molecular formula is C11H16OS3. The molecule has 0 amide bonds. The third kappa shape index (κ3) is 3.70. The lowest BCUT2D eigenvalue weighted by Gasteiger charge is -2.25. The number of hydrogen-bond donors (Lipinski definition) is 1. The van der Waals surface area contributed by atoms with Gasteiger partial charge in [0.25, 0.3) is 0 Å². The van der Waals surface area contributed by atoms with Crippen LogP contribution < -0.4 is 0 Å². The Kier molecular flexibility index (Phi) is 4.88. The standard InChI is InChI=1S/C11H16OS3/c12-10(11-8-13-6-7-15-11)4-3-9-2-1-5-14-9/h1-2,5,10-12H,3-4,6-8H2. The van der Waals surface area contributed by atoms with Crippen LogP contribution in [-0.4, -0.2) is 33.7 Å². The number of thioether (sulfide) groups is 2. The van der Waals surface area contributed by atoms with Crippen LogP contribution in [0.1, 0.15) is 11.3 Å². The molecule has 0 aromatic carbocycles. The first-order valence-electron chi connectivity index (χ1n) is 5.26. The molecule has 1 N–H and O–H groups in total. The topological polar surface area (TPSA) is 20.2 Å². The zero-order chi connectivity index (χ0) is 10.5. The summed E-state index contributed by atoms with van der Waals surface area (Å²) in [6.07, 6.45) is 1.82. The number of hydrogen-bond acceptors (Lipinski definition) is 4. The third-order valence-corrected chi connectivity index (χ3v) is 6.38. The van der Waals surface area contributed by atoms with E-state index in [-0.39, 0.29) is 6.10 Å². The number of aryl methyl sites for hydroxylation is 1. The van der Waals surface area contributed by atoms with Crippen LogP contribution in [0.15, 0.2) is 17.5 Å². The van der Waals surface area contributed by atoms with Crippen molar-refractivity contribution in [3.05, 3.63) is 22.4 Å². The van der Waals surface area contributed by atoms with Gasteiger partial charge < -0.3 is 5.11 Å². The number of aliphatic hydroxyl groups excluding tert-OH is 1. The Bertz CT molecular complexity index is 267. The fourth-order valence-electron chi connectivity index (χ4n) is 1.66. The Balaban J connectivity index is 1.74. The van der Waals surface area contributed by atoms with E-state index in [9.17, 15) is 5.11 Å². The van der Waals surface area contributed by atoms with Gasteiger partial charge in [0.1, 0.15) is 0 Å². The lowest BCUT2D eigenvalue weighted by Crippen LogP contribution is -2.29.